The maximum absolute atomic E-state index is 12.6. The van der Waals surface area contributed by atoms with Gasteiger partial charge in [0.15, 0.2) is 0 Å². The molecule has 0 N–H and O–H groups in total. The van der Waals surface area contributed by atoms with Crippen molar-refractivity contribution in [3.63, 3.8) is 0 Å². The second kappa shape index (κ2) is 3.40. The van der Waals surface area contributed by atoms with E-state index < -0.39 is 0 Å². The highest BCUT2D eigenvalue weighted by atomic mass is 35.5. The van der Waals surface area contributed by atoms with Gasteiger partial charge in [-0.2, -0.15) is 0 Å². The summed E-state index contributed by atoms with van der Waals surface area (Å²) in [5.74, 6) is 0.0825. The topological polar surface area (TPSA) is 20.3 Å². The minimum Gasteiger partial charge on any atom is -0.298 e. The van der Waals surface area contributed by atoms with Crippen LogP contribution in [0.25, 0.3) is 0 Å². The van der Waals surface area contributed by atoms with E-state index in [1.165, 1.54) is 5.56 Å². The zero-order valence-electron chi connectivity index (χ0n) is 10.5. The SMILES string of the molecule is C[C@]12Cc3ccccc3N1C(=O)c1ccc(Cl)cc12. The van der Waals surface area contributed by atoms with Gasteiger partial charge in [-0.15, -0.1) is 0 Å². The highest BCUT2D eigenvalue weighted by Gasteiger charge is 2.51. The molecule has 4 rings (SSSR count). The molecule has 0 aromatic heterocycles. The molecule has 0 aliphatic carbocycles. The lowest BCUT2D eigenvalue weighted by Crippen LogP contribution is -2.38. The Labute approximate surface area is 116 Å². The van der Waals surface area contributed by atoms with E-state index in [0.29, 0.717) is 5.02 Å². The van der Waals surface area contributed by atoms with E-state index >= 15 is 0 Å². The normalized spacial score (nSPS) is 23.3. The molecule has 94 valence electrons. The van der Waals surface area contributed by atoms with Crippen LogP contribution in [0.4, 0.5) is 5.69 Å². The molecule has 3 heteroatoms. The molecular weight excluding hydrogens is 258 g/mol. The van der Waals surface area contributed by atoms with Gasteiger partial charge in [0.1, 0.15) is 0 Å². The van der Waals surface area contributed by atoms with E-state index in [0.717, 1.165) is 23.2 Å². The summed E-state index contributed by atoms with van der Waals surface area (Å²) in [6.07, 6.45) is 0.849. The van der Waals surface area contributed by atoms with Crippen molar-refractivity contribution in [3.05, 3.63) is 64.2 Å². The van der Waals surface area contributed by atoms with Gasteiger partial charge in [-0.25, -0.2) is 0 Å². The first-order valence-corrected chi connectivity index (χ1v) is 6.71. The number of carbonyl (C=O) groups excluding carboxylic acids is 1. The molecule has 0 fully saturated rings. The molecule has 0 spiro atoms. The van der Waals surface area contributed by atoms with Gasteiger partial charge in [0.2, 0.25) is 0 Å². The molecule has 2 aromatic rings. The summed E-state index contributed by atoms with van der Waals surface area (Å²) in [5, 5.41) is 0.686. The monoisotopic (exact) mass is 269 g/mol. The molecule has 0 bridgehead atoms. The number of nitrogens with zero attached hydrogens (tertiary/aromatic N) is 1. The number of anilines is 1. The van der Waals surface area contributed by atoms with Crippen molar-refractivity contribution < 1.29 is 4.79 Å². The van der Waals surface area contributed by atoms with Crippen LogP contribution in [0.1, 0.15) is 28.4 Å². The Hall–Kier alpha value is -1.80. The zero-order valence-corrected chi connectivity index (χ0v) is 11.2. The van der Waals surface area contributed by atoms with Crippen LogP contribution in [-0.4, -0.2) is 5.91 Å². The van der Waals surface area contributed by atoms with E-state index in [4.69, 9.17) is 11.6 Å². The third kappa shape index (κ3) is 1.25. The summed E-state index contributed by atoms with van der Waals surface area (Å²) >= 11 is 6.10. The van der Waals surface area contributed by atoms with Crippen molar-refractivity contribution in [1.82, 2.24) is 0 Å². The highest BCUT2D eigenvalue weighted by molar-refractivity contribution is 6.31. The number of fused-ring (bicyclic) bond motifs is 5. The molecule has 2 aliphatic rings. The average Bonchev–Trinajstić information content (AvgIpc) is 2.80. The predicted octanol–water partition coefficient (Wildman–Crippen LogP) is 3.77. The molecule has 0 saturated carbocycles. The molecule has 0 radical (unpaired) electrons. The predicted molar refractivity (Wildman–Crippen MR) is 75.8 cm³/mol. The van der Waals surface area contributed by atoms with Crippen LogP contribution in [0, 0.1) is 0 Å². The molecule has 2 nitrogen and oxygen atoms in total. The quantitative estimate of drug-likeness (QED) is 0.713. The fraction of sp³-hybridized carbons (Fsp3) is 0.188. The number of halogens is 1. The van der Waals surface area contributed by atoms with E-state index in [-0.39, 0.29) is 11.4 Å². The Morgan fingerprint density at radius 3 is 2.84 bits per heavy atom. The first kappa shape index (κ1) is 11.1. The molecule has 1 atom stereocenters. The van der Waals surface area contributed by atoms with Crippen LogP contribution in [-0.2, 0) is 12.0 Å². The summed E-state index contributed by atoms with van der Waals surface area (Å²) in [5.41, 5.74) is 3.79. The van der Waals surface area contributed by atoms with E-state index in [1.54, 1.807) is 6.07 Å². The molecule has 19 heavy (non-hydrogen) atoms. The summed E-state index contributed by atoms with van der Waals surface area (Å²) in [4.78, 5) is 14.6. The largest absolute Gasteiger partial charge is 0.298 e. The van der Waals surface area contributed by atoms with Crippen molar-refractivity contribution in [2.75, 3.05) is 4.90 Å². The van der Waals surface area contributed by atoms with Crippen LogP contribution in [0.5, 0.6) is 0 Å². The summed E-state index contributed by atoms with van der Waals surface area (Å²) < 4.78 is 0. The number of carbonyl (C=O) groups is 1. The van der Waals surface area contributed by atoms with E-state index in [9.17, 15) is 4.79 Å². The van der Waals surface area contributed by atoms with Gasteiger partial charge >= 0.3 is 0 Å². The number of hydrogen-bond donors (Lipinski definition) is 0. The first-order valence-electron chi connectivity index (χ1n) is 6.34. The Bertz CT molecular complexity index is 724. The summed E-state index contributed by atoms with van der Waals surface area (Å²) in [7, 11) is 0. The average molecular weight is 270 g/mol. The Balaban J connectivity index is 2.00. The third-order valence-corrected chi connectivity index (χ3v) is 4.49. The Morgan fingerprint density at radius 1 is 1.21 bits per heavy atom. The smallest absolute Gasteiger partial charge is 0.259 e. The van der Waals surface area contributed by atoms with Crippen LogP contribution >= 0.6 is 11.6 Å². The second-order valence-corrected chi connectivity index (χ2v) is 5.85. The van der Waals surface area contributed by atoms with Gasteiger partial charge in [0.25, 0.3) is 5.91 Å². The maximum atomic E-state index is 12.6. The van der Waals surface area contributed by atoms with Crippen molar-refractivity contribution in [1.29, 1.82) is 0 Å². The fourth-order valence-corrected chi connectivity index (χ4v) is 3.58. The van der Waals surface area contributed by atoms with Crippen molar-refractivity contribution in [2.45, 2.75) is 18.9 Å². The maximum Gasteiger partial charge on any atom is 0.259 e. The number of amides is 1. The Kier molecular flexibility index (Phi) is 1.98. The number of rotatable bonds is 0. The molecular formula is C16H12ClNO. The van der Waals surface area contributed by atoms with Crippen molar-refractivity contribution in [2.24, 2.45) is 0 Å². The molecule has 2 aliphatic heterocycles. The van der Waals surface area contributed by atoms with Gasteiger partial charge in [0, 0.05) is 22.7 Å². The van der Waals surface area contributed by atoms with Gasteiger partial charge in [-0.05, 0) is 42.3 Å². The van der Waals surface area contributed by atoms with E-state index in [2.05, 4.69) is 13.0 Å². The van der Waals surface area contributed by atoms with Crippen LogP contribution in [0.3, 0.4) is 0 Å². The van der Waals surface area contributed by atoms with Gasteiger partial charge in [-0.3, -0.25) is 9.69 Å². The van der Waals surface area contributed by atoms with E-state index in [1.807, 2.05) is 35.2 Å². The molecule has 0 unspecified atom stereocenters. The molecule has 2 aromatic carbocycles. The lowest BCUT2D eigenvalue weighted by atomic mass is 9.88. The van der Waals surface area contributed by atoms with Gasteiger partial charge in [-0.1, -0.05) is 29.8 Å². The Morgan fingerprint density at radius 2 is 2.00 bits per heavy atom. The van der Waals surface area contributed by atoms with Crippen LogP contribution in [0.15, 0.2) is 42.5 Å². The second-order valence-electron chi connectivity index (χ2n) is 5.41. The molecule has 2 heterocycles. The lowest BCUT2D eigenvalue weighted by Gasteiger charge is -2.28. The molecule has 1 amide bonds. The number of benzene rings is 2. The minimum absolute atomic E-state index is 0.0825. The standard InChI is InChI=1S/C16H12ClNO/c1-16-9-10-4-2-3-5-14(10)18(16)15(19)12-7-6-11(17)8-13(12)16/h2-8H,9H2,1H3/t16-/m1/s1. The third-order valence-electron chi connectivity index (χ3n) is 4.26. The summed E-state index contributed by atoms with van der Waals surface area (Å²) in [6, 6.07) is 13.7. The minimum atomic E-state index is -0.291. The van der Waals surface area contributed by atoms with Crippen molar-refractivity contribution in [3.8, 4) is 0 Å². The zero-order chi connectivity index (χ0) is 13.2. The number of para-hydroxylation sites is 1. The van der Waals surface area contributed by atoms with Crippen LogP contribution < -0.4 is 4.90 Å². The fourth-order valence-electron chi connectivity index (χ4n) is 3.41. The lowest BCUT2D eigenvalue weighted by molar-refractivity contribution is 0.0983. The highest BCUT2D eigenvalue weighted by Crippen LogP contribution is 2.51. The van der Waals surface area contributed by atoms with Gasteiger partial charge in [0.05, 0.1) is 5.54 Å². The van der Waals surface area contributed by atoms with Gasteiger partial charge < -0.3 is 0 Å². The number of hydrogen-bond acceptors (Lipinski definition) is 1. The molecule has 0 saturated heterocycles. The van der Waals surface area contributed by atoms with Crippen molar-refractivity contribution >= 4 is 23.2 Å². The van der Waals surface area contributed by atoms with Crippen LogP contribution in [0.2, 0.25) is 5.02 Å². The summed E-state index contributed by atoms with van der Waals surface area (Å²) in [6.45, 7) is 2.12. The first-order chi connectivity index (χ1) is 9.11.